The van der Waals surface area contributed by atoms with Gasteiger partial charge >= 0.3 is 0 Å². The Morgan fingerprint density at radius 2 is 1.86 bits per heavy atom. The molecule has 104 valence electrons. The van der Waals surface area contributed by atoms with E-state index in [1.165, 1.54) is 5.39 Å². The molecular weight excluding hydrogens is 262 g/mol. The normalized spacial score (nSPS) is 14.9. The Kier molecular flexibility index (Phi) is 3.01. The van der Waals surface area contributed by atoms with Crippen LogP contribution in [-0.2, 0) is 0 Å². The molecule has 1 fully saturated rings. The van der Waals surface area contributed by atoms with Crippen molar-refractivity contribution in [2.24, 2.45) is 0 Å². The number of aromatic nitrogens is 2. The molecule has 2 aromatic carbocycles. The van der Waals surface area contributed by atoms with Crippen molar-refractivity contribution in [3.05, 3.63) is 54.7 Å². The summed E-state index contributed by atoms with van der Waals surface area (Å²) in [6.45, 7) is 1.77. The third-order valence-corrected chi connectivity index (χ3v) is 3.69. The minimum Gasteiger partial charge on any atom is -0.472 e. The van der Waals surface area contributed by atoms with Gasteiger partial charge in [0.05, 0.1) is 0 Å². The summed E-state index contributed by atoms with van der Waals surface area (Å²) in [5, 5.41) is 5.53. The summed E-state index contributed by atoms with van der Waals surface area (Å²) < 4.78 is 5.81. The Labute approximate surface area is 122 Å². The molecule has 21 heavy (non-hydrogen) atoms. The summed E-state index contributed by atoms with van der Waals surface area (Å²) in [5.41, 5.74) is 1.03. The second kappa shape index (κ2) is 5.14. The van der Waals surface area contributed by atoms with Gasteiger partial charge in [-0.25, -0.2) is 4.98 Å². The van der Waals surface area contributed by atoms with Crippen LogP contribution in [0.1, 0.15) is 0 Å². The first-order valence-corrected chi connectivity index (χ1v) is 7.09. The van der Waals surface area contributed by atoms with Gasteiger partial charge in [0.1, 0.15) is 6.10 Å². The Morgan fingerprint density at radius 3 is 2.71 bits per heavy atom. The van der Waals surface area contributed by atoms with Crippen molar-refractivity contribution in [2.45, 2.75) is 6.10 Å². The van der Waals surface area contributed by atoms with E-state index in [0.717, 1.165) is 24.0 Å². The average Bonchev–Trinajstić information content (AvgIpc) is 2.51. The van der Waals surface area contributed by atoms with Crippen molar-refractivity contribution < 1.29 is 4.74 Å². The van der Waals surface area contributed by atoms with Gasteiger partial charge < -0.3 is 10.1 Å². The molecule has 1 N–H and O–H groups in total. The number of nitrogens with zero attached hydrogens (tertiary/aromatic N) is 2. The number of rotatable bonds is 3. The zero-order chi connectivity index (χ0) is 14.1. The molecule has 0 saturated carbocycles. The molecule has 0 amide bonds. The Hall–Kier alpha value is -2.46. The molecule has 1 saturated heterocycles. The van der Waals surface area contributed by atoms with Gasteiger partial charge in [-0.3, -0.25) is 0 Å². The lowest BCUT2D eigenvalue weighted by Crippen LogP contribution is -2.50. The Balaban J connectivity index is 1.75. The molecule has 0 spiro atoms. The van der Waals surface area contributed by atoms with E-state index in [9.17, 15) is 0 Å². The predicted molar refractivity (Wildman–Crippen MR) is 82.3 cm³/mol. The first kappa shape index (κ1) is 12.3. The zero-order valence-corrected chi connectivity index (χ0v) is 11.5. The summed E-state index contributed by atoms with van der Waals surface area (Å²) in [4.78, 5) is 8.96. The van der Waals surface area contributed by atoms with E-state index in [1.54, 1.807) is 6.20 Å². The van der Waals surface area contributed by atoms with E-state index < -0.39 is 0 Å². The smallest absolute Gasteiger partial charge is 0.217 e. The number of hydrogen-bond acceptors (Lipinski definition) is 4. The SMILES string of the molecule is c1ccc2c(-c3nccc(OC4CNC4)n3)cccc2c1. The maximum absolute atomic E-state index is 5.81. The number of ether oxygens (including phenoxy) is 1. The van der Waals surface area contributed by atoms with Crippen molar-refractivity contribution in [3.8, 4) is 17.3 Å². The number of hydrogen-bond donors (Lipinski definition) is 1. The van der Waals surface area contributed by atoms with Crippen LogP contribution >= 0.6 is 0 Å². The molecule has 3 aromatic rings. The maximum atomic E-state index is 5.81. The molecule has 2 heterocycles. The van der Waals surface area contributed by atoms with E-state index >= 15 is 0 Å². The van der Waals surface area contributed by atoms with E-state index in [4.69, 9.17) is 4.74 Å². The van der Waals surface area contributed by atoms with E-state index in [1.807, 2.05) is 30.3 Å². The van der Waals surface area contributed by atoms with Crippen molar-refractivity contribution in [2.75, 3.05) is 13.1 Å². The summed E-state index contributed by atoms with van der Waals surface area (Å²) in [5.74, 6) is 1.34. The van der Waals surface area contributed by atoms with Gasteiger partial charge in [0.25, 0.3) is 0 Å². The molecule has 0 aliphatic carbocycles. The number of benzene rings is 2. The highest BCUT2D eigenvalue weighted by Crippen LogP contribution is 2.27. The fourth-order valence-electron chi connectivity index (χ4n) is 2.47. The molecule has 0 radical (unpaired) electrons. The van der Waals surface area contributed by atoms with Crippen LogP contribution < -0.4 is 10.1 Å². The maximum Gasteiger partial charge on any atom is 0.217 e. The summed E-state index contributed by atoms with van der Waals surface area (Å²) in [6.07, 6.45) is 1.98. The van der Waals surface area contributed by atoms with E-state index in [0.29, 0.717) is 11.7 Å². The lowest BCUT2D eigenvalue weighted by atomic mass is 10.0. The number of fused-ring (bicyclic) bond motifs is 1. The van der Waals surface area contributed by atoms with Gasteiger partial charge in [-0.05, 0) is 10.8 Å². The van der Waals surface area contributed by atoms with Gasteiger partial charge in [0, 0.05) is 30.9 Å². The molecule has 0 bridgehead atoms. The van der Waals surface area contributed by atoms with Crippen LogP contribution in [0, 0.1) is 0 Å². The van der Waals surface area contributed by atoms with E-state index in [2.05, 4.69) is 33.5 Å². The fourth-order valence-corrected chi connectivity index (χ4v) is 2.47. The molecule has 1 aliphatic heterocycles. The van der Waals surface area contributed by atoms with Crippen LogP contribution in [0.25, 0.3) is 22.2 Å². The van der Waals surface area contributed by atoms with Crippen LogP contribution in [0.15, 0.2) is 54.7 Å². The summed E-state index contributed by atoms with van der Waals surface area (Å²) >= 11 is 0. The fraction of sp³-hybridized carbons (Fsp3) is 0.176. The first-order chi connectivity index (χ1) is 10.4. The highest BCUT2D eigenvalue weighted by atomic mass is 16.5. The first-order valence-electron chi connectivity index (χ1n) is 7.09. The Morgan fingerprint density at radius 1 is 1.00 bits per heavy atom. The van der Waals surface area contributed by atoms with E-state index in [-0.39, 0.29) is 6.10 Å². The number of nitrogens with one attached hydrogen (secondary N) is 1. The van der Waals surface area contributed by atoms with Gasteiger partial charge in [-0.2, -0.15) is 4.98 Å². The molecule has 4 heteroatoms. The van der Waals surface area contributed by atoms with Crippen LogP contribution in [0.5, 0.6) is 5.88 Å². The van der Waals surface area contributed by atoms with Crippen molar-refractivity contribution in [1.82, 2.24) is 15.3 Å². The van der Waals surface area contributed by atoms with Crippen LogP contribution in [0.4, 0.5) is 0 Å². The molecule has 1 aliphatic rings. The third-order valence-electron chi connectivity index (χ3n) is 3.69. The highest BCUT2D eigenvalue weighted by Gasteiger charge is 2.19. The lowest BCUT2D eigenvalue weighted by Gasteiger charge is -2.27. The van der Waals surface area contributed by atoms with Crippen molar-refractivity contribution in [3.63, 3.8) is 0 Å². The average molecular weight is 277 g/mol. The molecule has 1 aromatic heterocycles. The highest BCUT2D eigenvalue weighted by molar-refractivity contribution is 5.94. The topological polar surface area (TPSA) is 47.0 Å². The largest absolute Gasteiger partial charge is 0.472 e. The molecule has 4 rings (SSSR count). The van der Waals surface area contributed by atoms with Crippen molar-refractivity contribution >= 4 is 10.8 Å². The van der Waals surface area contributed by atoms with Gasteiger partial charge in [0.2, 0.25) is 5.88 Å². The predicted octanol–water partition coefficient (Wildman–Crippen LogP) is 2.65. The molecular formula is C17H15N3O. The van der Waals surface area contributed by atoms with Crippen LogP contribution in [-0.4, -0.2) is 29.2 Å². The summed E-state index contributed by atoms with van der Waals surface area (Å²) in [7, 11) is 0. The third kappa shape index (κ3) is 2.34. The monoisotopic (exact) mass is 277 g/mol. The standard InChI is InChI=1S/C17H15N3O/c1-2-6-14-12(4-1)5-3-7-15(14)17-19-9-8-16(20-17)21-13-10-18-11-13/h1-9,13,18H,10-11H2. The summed E-state index contributed by atoms with van der Waals surface area (Å²) in [6, 6.07) is 16.3. The minimum atomic E-state index is 0.222. The molecule has 0 unspecified atom stereocenters. The minimum absolute atomic E-state index is 0.222. The van der Waals surface area contributed by atoms with Crippen molar-refractivity contribution in [1.29, 1.82) is 0 Å². The Bertz CT molecular complexity index is 778. The lowest BCUT2D eigenvalue weighted by molar-refractivity contribution is 0.136. The molecule has 4 nitrogen and oxygen atoms in total. The van der Waals surface area contributed by atoms with Gasteiger partial charge in [-0.15, -0.1) is 0 Å². The van der Waals surface area contributed by atoms with Gasteiger partial charge in [0.15, 0.2) is 5.82 Å². The molecule has 0 atom stereocenters. The quantitative estimate of drug-likeness (QED) is 0.799. The van der Waals surface area contributed by atoms with Gasteiger partial charge in [-0.1, -0.05) is 42.5 Å². The zero-order valence-electron chi connectivity index (χ0n) is 11.5. The van der Waals surface area contributed by atoms with Crippen LogP contribution in [0.2, 0.25) is 0 Å². The second-order valence-electron chi connectivity index (χ2n) is 5.14. The second-order valence-corrected chi connectivity index (χ2v) is 5.14. The van der Waals surface area contributed by atoms with Crippen LogP contribution in [0.3, 0.4) is 0 Å².